The molecule has 4 nitrogen and oxygen atoms in total. The van der Waals surface area contributed by atoms with Crippen LogP contribution in [0.3, 0.4) is 0 Å². The summed E-state index contributed by atoms with van der Waals surface area (Å²) < 4.78 is 13.3. The van der Waals surface area contributed by atoms with Crippen molar-refractivity contribution in [3.63, 3.8) is 0 Å². The average Bonchev–Trinajstić information content (AvgIpc) is 2.41. The van der Waals surface area contributed by atoms with Crippen molar-refractivity contribution in [2.24, 2.45) is 0 Å². The number of carboxylic acids is 1. The van der Waals surface area contributed by atoms with Crippen LogP contribution in [0.4, 0.5) is 10.1 Å². The lowest BCUT2D eigenvalue weighted by atomic mass is 10.1. The van der Waals surface area contributed by atoms with Crippen LogP contribution < -0.4 is 4.90 Å². The lowest BCUT2D eigenvalue weighted by Gasteiger charge is -2.23. The van der Waals surface area contributed by atoms with E-state index in [9.17, 15) is 14.3 Å². The predicted molar refractivity (Wildman–Crippen MR) is 78.2 cm³/mol. The summed E-state index contributed by atoms with van der Waals surface area (Å²) in [5, 5.41) is 19.2. The van der Waals surface area contributed by atoms with Crippen LogP contribution in [0.2, 0.25) is 5.02 Å². The molecular weight excluding hydrogens is 297 g/mol. The van der Waals surface area contributed by atoms with Crippen LogP contribution in [-0.2, 0) is 11.3 Å². The van der Waals surface area contributed by atoms with Gasteiger partial charge in [-0.2, -0.15) is 0 Å². The molecule has 0 heterocycles. The van der Waals surface area contributed by atoms with E-state index < -0.39 is 11.8 Å². The average molecular weight is 310 g/mol. The highest BCUT2D eigenvalue weighted by Gasteiger charge is 2.14. The molecule has 0 saturated carbocycles. The van der Waals surface area contributed by atoms with Gasteiger partial charge < -0.3 is 15.1 Å². The number of halogens is 2. The highest BCUT2D eigenvalue weighted by Crippen LogP contribution is 2.25. The zero-order valence-corrected chi connectivity index (χ0v) is 11.7. The number of benzene rings is 2. The van der Waals surface area contributed by atoms with E-state index in [1.165, 1.54) is 17.0 Å². The molecule has 0 atom stereocenters. The summed E-state index contributed by atoms with van der Waals surface area (Å²) in [5.41, 5.74) is 0.879. The van der Waals surface area contributed by atoms with Gasteiger partial charge in [-0.05, 0) is 36.4 Å². The van der Waals surface area contributed by atoms with Gasteiger partial charge in [0.1, 0.15) is 18.1 Å². The molecule has 0 unspecified atom stereocenters. The number of aliphatic carboxylic acids is 1. The molecule has 0 radical (unpaired) electrons. The van der Waals surface area contributed by atoms with E-state index in [2.05, 4.69) is 0 Å². The zero-order chi connectivity index (χ0) is 15.4. The standard InChI is InChI=1S/C15H13ClFNO3/c16-11-2-1-3-13(7-11)18(9-15(20)21)8-10-6-12(17)4-5-14(10)19/h1-7,19H,8-9H2,(H,20,21). The maximum Gasteiger partial charge on any atom is 0.323 e. The molecule has 2 N–H and O–H groups in total. The Morgan fingerprint density at radius 2 is 2.00 bits per heavy atom. The summed E-state index contributed by atoms with van der Waals surface area (Å²) in [4.78, 5) is 12.5. The molecule has 0 bridgehead atoms. The number of rotatable bonds is 5. The number of hydrogen-bond donors (Lipinski definition) is 2. The van der Waals surface area contributed by atoms with Crippen molar-refractivity contribution in [3.8, 4) is 5.75 Å². The molecule has 21 heavy (non-hydrogen) atoms. The van der Waals surface area contributed by atoms with Gasteiger partial charge in [-0.3, -0.25) is 4.79 Å². The fourth-order valence-corrected chi connectivity index (χ4v) is 2.15. The van der Waals surface area contributed by atoms with E-state index in [1.54, 1.807) is 24.3 Å². The number of carbonyl (C=O) groups is 1. The van der Waals surface area contributed by atoms with Gasteiger partial charge in [-0.15, -0.1) is 0 Å². The third-order valence-corrected chi connectivity index (χ3v) is 3.14. The van der Waals surface area contributed by atoms with Crippen LogP contribution in [0.5, 0.6) is 5.75 Å². The Bertz CT molecular complexity index is 663. The fourth-order valence-electron chi connectivity index (χ4n) is 1.96. The van der Waals surface area contributed by atoms with Gasteiger partial charge in [0.2, 0.25) is 0 Å². The molecule has 6 heteroatoms. The van der Waals surface area contributed by atoms with Gasteiger partial charge in [0.05, 0.1) is 0 Å². The first-order valence-electron chi connectivity index (χ1n) is 6.15. The van der Waals surface area contributed by atoms with Crippen LogP contribution in [-0.4, -0.2) is 22.7 Å². The van der Waals surface area contributed by atoms with Gasteiger partial charge in [0.15, 0.2) is 0 Å². The van der Waals surface area contributed by atoms with Crippen LogP contribution >= 0.6 is 11.6 Å². The fraction of sp³-hybridized carbons (Fsp3) is 0.133. The molecule has 2 aromatic carbocycles. The second kappa shape index (κ2) is 6.45. The van der Waals surface area contributed by atoms with Crippen molar-refractivity contribution in [3.05, 3.63) is 58.9 Å². The smallest absolute Gasteiger partial charge is 0.323 e. The highest BCUT2D eigenvalue weighted by molar-refractivity contribution is 6.30. The lowest BCUT2D eigenvalue weighted by molar-refractivity contribution is -0.135. The topological polar surface area (TPSA) is 60.8 Å². The van der Waals surface area contributed by atoms with Gasteiger partial charge in [-0.1, -0.05) is 17.7 Å². The molecule has 2 rings (SSSR count). The Morgan fingerprint density at radius 3 is 2.67 bits per heavy atom. The minimum absolute atomic E-state index is 0.0518. The molecule has 110 valence electrons. The monoisotopic (exact) mass is 309 g/mol. The molecule has 2 aromatic rings. The van der Waals surface area contributed by atoms with E-state index in [-0.39, 0.29) is 18.8 Å². The third-order valence-electron chi connectivity index (χ3n) is 2.90. The highest BCUT2D eigenvalue weighted by atomic mass is 35.5. The molecular formula is C15H13ClFNO3. The van der Waals surface area contributed by atoms with Crippen LogP contribution in [0.25, 0.3) is 0 Å². The van der Waals surface area contributed by atoms with Crippen molar-refractivity contribution < 1.29 is 19.4 Å². The van der Waals surface area contributed by atoms with E-state index in [4.69, 9.17) is 16.7 Å². The van der Waals surface area contributed by atoms with Crippen molar-refractivity contribution in [2.45, 2.75) is 6.54 Å². The number of aromatic hydroxyl groups is 1. The van der Waals surface area contributed by atoms with Crippen LogP contribution in [0.15, 0.2) is 42.5 Å². The van der Waals surface area contributed by atoms with E-state index >= 15 is 0 Å². The molecule has 0 saturated heterocycles. The Labute approximate surface area is 126 Å². The van der Waals surface area contributed by atoms with Gasteiger partial charge >= 0.3 is 5.97 Å². The van der Waals surface area contributed by atoms with Crippen molar-refractivity contribution in [1.82, 2.24) is 0 Å². The number of phenols is 1. The Balaban J connectivity index is 2.32. The summed E-state index contributed by atoms with van der Waals surface area (Å²) in [5.74, 6) is -1.62. The van der Waals surface area contributed by atoms with E-state index in [0.717, 1.165) is 6.07 Å². The molecule has 0 amide bonds. The SMILES string of the molecule is O=C(O)CN(Cc1cc(F)ccc1O)c1cccc(Cl)c1. The van der Waals surface area contributed by atoms with Crippen LogP contribution in [0.1, 0.15) is 5.56 Å². The predicted octanol–water partition coefficient (Wildman–Crippen LogP) is 3.28. The minimum Gasteiger partial charge on any atom is -0.508 e. The number of nitrogens with zero attached hydrogens (tertiary/aromatic N) is 1. The van der Waals surface area contributed by atoms with Gasteiger partial charge in [0.25, 0.3) is 0 Å². The summed E-state index contributed by atoms with van der Waals surface area (Å²) in [7, 11) is 0. The minimum atomic E-state index is -1.04. The van der Waals surface area contributed by atoms with Crippen molar-refractivity contribution >= 4 is 23.3 Å². The number of carboxylic acid groups (broad SMARTS) is 1. The van der Waals surface area contributed by atoms with Crippen LogP contribution in [0, 0.1) is 5.82 Å². The normalized spacial score (nSPS) is 10.4. The number of anilines is 1. The quantitative estimate of drug-likeness (QED) is 0.890. The Morgan fingerprint density at radius 1 is 1.24 bits per heavy atom. The van der Waals surface area contributed by atoms with E-state index in [0.29, 0.717) is 16.3 Å². The number of hydrogen-bond acceptors (Lipinski definition) is 3. The molecule has 0 aromatic heterocycles. The maximum absolute atomic E-state index is 13.3. The summed E-state index contributed by atoms with van der Waals surface area (Å²) in [6.45, 7) is -0.244. The van der Waals surface area contributed by atoms with E-state index in [1.807, 2.05) is 0 Å². The third kappa shape index (κ3) is 4.10. The Hall–Kier alpha value is -2.27. The summed E-state index contributed by atoms with van der Waals surface area (Å²) in [6, 6.07) is 10.2. The number of phenolic OH excluding ortho intramolecular Hbond substituents is 1. The molecule has 0 spiro atoms. The summed E-state index contributed by atoms with van der Waals surface area (Å²) >= 11 is 5.90. The second-order valence-corrected chi connectivity index (χ2v) is 4.94. The van der Waals surface area contributed by atoms with Gasteiger partial charge in [0, 0.05) is 22.8 Å². The molecule has 0 fully saturated rings. The van der Waals surface area contributed by atoms with Crippen molar-refractivity contribution in [2.75, 3.05) is 11.4 Å². The first-order valence-corrected chi connectivity index (χ1v) is 6.53. The molecule has 0 aliphatic carbocycles. The second-order valence-electron chi connectivity index (χ2n) is 4.50. The molecule has 0 aliphatic heterocycles. The maximum atomic E-state index is 13.3. The zero-order valence-electron chi connectivity index (χ0n) is 11.0. The first kappa shape index (κ1) is 15.1. The first-order chi connectivity index (χ1) is 9.95. The van der Waals surface area contributed by atoms with Gasteiger partial charge in [-0.25, -0.2) is 4.39 Å². The lowest BCUT2D eigenvalue weighted by Crippen LogP contribution is -2.29. The largest absolute Gasteiger partial charge is 0.508 e. The molecule has 0 aliphatic rings. The summed E-state index contributed by atoms with van der Waals surface area (Å²) in [6.07, 6.45) is 0. The van der Waals surface area contributed by atoms with Crippen molar-refractivity contribution in [1.29, 1.82) is 0 Å². The Kier molecular flexibility index (Phi) is 4.65.